The Balaban J connectivity index is 0.00000225. The van der Waals surface area contributed by atoms with Crippen molar-refractivity contribution >= 4 is 22.0 Å². The van der Waals surface area contributed by atoms with Gasteiger partial charge in [-0.2, -0.15) is 0 Å². The van der Waals surface area contributed by atoms with Gasteiger partial charge in [0.25, 0.3) is 0 Å². The van der Waals surface area contributed by atoms with Crippen LogP contribution in [0, 0.1) is 0 Å². The summed E-state index contributed by atoms with van der Waals surface area (Å²) < 4.78 is 35.1. The minimum Gasteiger partial charge on any atom is -0.726 e. The SMILES string of the molecule is C[C@@H](Cc1ccc(Cl)cc1)OS(=O)(=O)[O-].[Na+]. The first-order chi connectivity index (χ1) is 6.87. The van der Waals surface area contributed by atoms with E-state index in [9.17, 15) is 13.0 Å². The van der Waals surface area contributed by atoms with E-state index in [2.05, 4.69) is 4.18 Å². The van der Waals surface area contributed by atoms with E-state index in [1.165, 1.54) is 6.92 Å². The average molecular weight is 273 g/mol. The molecule has 7 heteroatoms. The van der Waals surface area contributed by atoms with E-state index in [4.69, 9.17) is 11.6 Å². The first-order valence-electron chi connectivity index (χ1n) is 4.25. The largest absolute Gasteiger partial charge is 1.00 e. The van der Waals surface area contributed by atoms with Crippen molar-refractivity contribution in [2.24, 2.45) is 0 Å². The Morgan fingerprint density at radius 2 is 1.88 bits per heavy atom. The number of rotatable bonds is 4. The third kappa shape index (κ3) is 6.85. The van der Waals surface area contributed by atoms with Gasteiger partial charge in [0, 0.05) is 5.02 Å². The third-order valence-electron chi connectivity index (χ3n) is 1.72. The Morgan fingerprint density at radius 1 is 1.38 bits per heavy atom. The fraction of sp³-hybridized carbons (Fsp3) is 0.333. The van der Waals surface area contributed by atoms with Gasteiger partial charge in [0.2, 0.25) is 10.4 Å². The molecule has 0 saturated heterocycles. The first-order valence-corrected chi connectivity index (χ1v) is 5.96. The van der Waals surface area contributed by atoms with Gasteiger partial charge < -0.3 is 4.55 Å². The summed E-state index contributed by atoms with van der Waals surface area (Å²) >= 11 is 5.68. The van der Waals surface area contributed by atoms with Crippen LogP contribution in [-0.4, -0.2) is 19.1 Å². The predicted molar refractivity (Wildman–Crippen MR) is 55.4 cm³/mol. The number of halogens is 1. The topological polar surface area (TPSA) is 66.4 Å². The van der Waals surface area contributed by atoms with E-state index in [0.29, 0.717) is 11.4 Å². The molecule has 0 spiro atoms. The fourth-order valence-electron chi connectivity index (χ4n) is 1.19. The van der Waals surface area contributed by atoms with E-state index in [1.807, 2.05) is 0 Å². The molecule has 0 saturated carbocycles. The van der Waals surface area contributed by atoms with Gasteiger partial charge in [-0.25, -0.2) is 8.42 Å². The van der Waals surface area contributed by atoms with Crippen molar-refractivity contribution in [2.75, 3.05) is 0 Å². The van der Waals surface area contributed by atoms with Crippen molar-refractivity contribution in [3.8, 4) is 0 Å². The van der Waals surface area contributed by atoms with Gasteiger partial charge in [-0.05, 0) is 31.0 Å². The van der Waals surface area contributed by atoms with Crippen molar-refractivity contribution in [2.45, 2.75) is 19.4 Å². The molecule has 0 aliphatic rings. The second kappa shape index (κ2) is 6.96. The van der Waals surface area contributed by atoms with E-state index >= 15 is 0 Å². The average Bonchev–Trinajstić information content (AvgIpc) is 2.05. The smallest absolute Gasteiger partial charge is 0.726 e. The second-order valence-corrected chi connectivity index (χ2v) is 4.59. The van der Waals surface area contributed by atoms with Crippen LogP contribution in [0.1, 0.15) is 12.5 Å². The molecule has 16 heavy (non-hydrogen) atoms. The standard InChI is InChI=1S/C9H11ClO4S.Na/c1-7(14-15(11,12)13)6-8-2-4-9(10)5-3-8;/h2-5,7H,6H2,1H3,(H,11,12,13);/q;+1/p-1/t7-;/m0./s1. The summed E-state index contributed by atoms with van der Waals surface area (Å²) in [6.45, 7) is 1.52. The van der Waals surface area contributed by atoms with Crippen LogP contribution in [0.15, 0.2) is 24.3 Å². The zero-order valence-corrected chi connectivity index (χ0v) is 12.6. The van der Waals surface area contributed by atoms with Crippen molar-refractivity contribution < 1.29 is 46.7 Å². The molecular weight excluding hydrogens is 263 g/mol. The summed E-state index contributed by atoms with van der Waals surface area (Å²) in [4.78, 5) is 0. The van der Waals surface area contributed by atoms with Crippen LogP contribution in [0.3, 0.4) is 0 Å². The van der Waals surface area contributed by atoms with Crippen molar-refractivity contribution in [1.82, 2.24) is 0 Å². The minimum atomic E-state index is -4.63. The van der Waals surface area contributed by atoms with Crippen LogP contribution >= 0.6 is 11.6 Å². The monoisotopic (exact) mass is 272 g/mol. The molecular formula is C9H10ClNaO4S. The maximum atomic E-state index is 10.3. The van der Waals surface area contributed by atoms with Crippen LogP contribution in [0.4, 0.5) is 0 Å². The third-order valence-corrected chi connectivity index (χ3v) is 2.53. The number of benzene rings is 1. The van der Waals surface area contributed by atoms with Crippen molar-refractivity contribution in [3.63, 3.8) is 0 Å². The summed E-state index contributed by atoms with van der Waals surface area (Å²) in [7, 11) is -4.63. The molecule has 0 fully saturated rings. The molecule has 0 radical (unpaired) electrons. The number of hydrogen-bond acceptors (Lipinski definition) is 4. The van der Waals surface area contributed by atoms with Crippen LogP contribution in [-0.2, 0) is 21.0 Å². The van der Waals surface area contributed by atoms with Gasteiger partial charge in [0.15, 0.2) is 0 Å². The maximum Gasteiger partial charge on any atom is 1.00 e. The Morgan fingerprint density at radius 3 is 2.31 bits per heavy atom. The van der Waals surface area contributed by atoms with E-state index in [1.54, 1.807) is 24.3 Å². The Kier molecular flexibility index (Phi) is 7.12. The van der Waals surface area contributed by atoms with E-state index < -0.39 is 16.5 Å². The van der Waals surface area contributed by atoms with Crippen LogP contribution in [0.2, 0.25) is 5.02 Å². The summed E-state index contributed by atoms with van der Waals surface area (Å²) in [5.41, 5.74) is 0.857. The Labute approximate surface area is 122 Å². The van der Waals surface area contributed by atoms with Crippen LogP contribution in [0.5, 0.6) is 0 Å². The Hall–Kier alpha value is 0.380. The molecule has 1 rings (SSSR count). The second-order valence-electron chi connectivity index (χ2n) is 3.15. The van der Waals surface area contributed by atoms with Gasteiger partial charge in [0.1, 0.15) is 0 Å². The van der Waals surface area contributed by atoms with Gasteiger partial charge in [-0.3, -0.25) is 4.18 Å². The molecule has 0 heterocycles. The van der Waals surface area contributed by atoms with Gasteiger partial charge in [-0.15, -0.1) is 0 Å². The van der Waals surface area contributed by atoms with Crippen LogP contribution < -0.4 is 29.6 Å². The minimum absolute atomic E-state index is 0. The predicted octanol–water partition coefficient (Wildman–Crippen LogP) is -1.25. The van der Waals surface area contributed by atoms with Crippen molar-refractivity contribution in [1.29, 1.82) is 0 Å². The van der Waals surface area contributed by atoms with E-state index in [-0.39, 0.29) is 29.6 Å². The fourth-order valence-corrected chi connectivity index (χ4v) is 1.78. The number of hydrogen-bond donors (Lipinski definition) is 0. The molecule has 0 unspecified atom stereocenters. The van der Waals surface area contributed by atoms with E-state index in [0.717, 1.165) is 5.56 Å². The molecule has 0 aliphatic heterocycles. The zero-order valence-electron chi connectivity index (χ0n) is 9.01. The zero-order chi connectivity index (χ0) is 11.5. The normalized spacial score (nSPS) is 12.9. The first kappa shape index (κ1) is 16.4. The van der Waals surface area contributed by atoms with Gasteiger partial charge in [-0.1, -0.05) is 23.7 Å². The molecule has 84 valence electrons. The van der Waals surface area contributed by atoms with Crippen molar-refractivity contribution in [3.05, 3.63) is 34.9 Å². The summed E-state index contributed by atoms with van der Waals surface area (Å²) in [6.07, 6.45) is -0.327. The summed E-state index contributed by atoms with van der Waals surface area (Å²) in [6, 6.07) is 6.88. The summed E-state index contributed by atoms with van der Waals surface area (Å²) in [5.74, 6) is 0. The molecule has 0 amide bonds. The quantitative estimate of drug-likeness (QED) is 0.390. The summed E-state index contributed by atoms with van der Waals surface area (Å²) in [5, 5.41) is 0.601. The molecule has 4 nitrogen and oxygen atoms in total. The van der Waals surface area contributed by atoms with Crippen LogP contribution in [0.25, 0.3) is 0 Å². The molecule has 1 atom stereocenters. The van der Waals surface area contributed by atoms with Gasteiger partial charge >= 0.3 is 29.6 Å². The molecule has 1 aromatic rings. The maximum absolute atomic E-state index is 10.3. The molecule has 0 aliphatic carbocycles. The molecule has 1 aromatic carbocycles. The molecule has 0 bridgehead atoms. The Bertz CT molecular complexity index is 418. The van der Waals surface area contributed by atoms with Gasteiger partial charge in [0.05, 0.1) is 6.10 Å². The molecule has 0 aromatic heterocycles. The molecule has 0 N–H and O–H groups in total.